The first kappa shape index (κ1) is 23.8. The number of halogens is 1. The van der Waals surface area contributed by atoms with Crippen LogP contribution in [-0.2, 0) is 20.8 Å². The van der Waals surface area contributed by atoms with Crippen LogP contribution in [0.1, 0.15) is 34.3 Å². The molecule has 4 rings (SSSR count). The molecule has 0 aliphatic carbocycles. The van der Waals surface area contributed by atoms with Crippen LogP contribution in [0.15, 0.2) is 78.9 Å². The third-order valence-corrected chi connectivity index (χ3v) is 5.79. The maximum absolute atomic E-state index is 13.3. The van der Waals surface area contributed by atoms with Crippen molar-refractivity contribution in [3.63, 3.8) is 0 Å². The third-order valence-electron chi connectivity index (χ3n) is 5.79. The molecule has 7 nitrogen and oxygen atoms in total. The predicted octanol–water partition coefficient (Wildman–Crippen LogP) is 3.57. The fourth-order valence-corrected chi connectivity index (χ4v) is 3.89. The van der Waals surface area contributed by atoms with Gasteiger partial charge >= 0.3 is 0 Å². The molecule has 0 unspecified atom stereocenters. The average molecular weight is 474 g/mol. The lowest BCUT2D eigenvalue weighted by molar-refractivity contribution is -0.141. The van der Waals surface area contributed by atoms with E-state index in [9.17, 15) is 23.6 Å². The molecule has 1 aliphatic heterocycles. The van der Waals surface area contributed by atoms with Gasteiger partial charge in [0.1, 0.15) is 11.9 Å². The lowest BCUT2D eigenvalue weighted by Gasteiger charge is -2.28. The number of rotatable bonds is 6. The number of anilines is 1. The molecule has 1 aliphatic rings. The Morgan fingerprint density at radius 1 is 0.971 bits per heavy atom. The van der Waals surface area contributed by atoms with Crippen LogP contribution in [0.5, 0.6) is 0 Å². The van der Waals surface area contributed by atoms with Crippen molar-refractivity contribution in [2.24, 2.45) is 0 Å². The maximum atomic E-state index is 13.3. The van der Waals surface area contributed by atoms with Gasteiger partial charge in [-0.15, -0.1) is 0 Å². The molecule has 3 aromatic carbocycles. The van der Waals surface area contributed by atoms with Gasteiger partial charge in [-0.05, 0) is 55.3 Å². The number of benzene rings is 3. The minimum absolute atomic E-state index is 0.0205. The highest BCUT2D eigenvalue weighted by Crippen LogP contribution is 2.26. The summed E-state index contributed by atoms with van der Waals surface area (Å²) in [4.78, 5) is 53.1. The fourth-order valence-electron chi connectivity index (χ4n) is 3.89. The quantitative estimate of drug-likeness (QED) is 0.438. The van der Waals surface area contributed by atoms with Gasteiger partial charge in [0.05, 0.1) is 12.1 Å². The highest BCUT2D eigenvalue weighted by molar-refractivity contribution is 6.23. The van der Waals surface area contributed by atoms with E-state index in [0.717, 1.165) is 33.2 Å². The van der Waals surface area contributed by atoms with E-state index in [0.29, 0.717) is 12.0 Å². The molecule has 0 radical (unpaired) electrons. The molecule has 0 bridgehead atoms. The van der Waals surface area contributed by atoms with Gasteiger partial charge < -0.3 is 0 Å². The van der Waals surface area contributed by atoms with E-state index in [-0.39, 0.29) is 18.5 Å². The van der Waals surface area contributed by atoms with E-state index in [1.807, 2.05) is 37.3 Å². The number of nitrogens with one attached hydrogen (secondary N) is 1. The van der Waals surface area contributed by atoms with Crippen molar-refractivity contribution < 1.29 is 23.6 Å². The molecule has 8 heteroatoms. The molecular weight excluding hydrogens is 449 g/mol. The Bertz CT molecular complexity index is 1240. The van der Waals surface area contributed by atoms with E-state index in [2.05, 4.69) is 5.43 Å². The maximum Gasteiger partial charge on any atom is 0.269 e. The van der Waals surface area contributed by atoms with Crippen LogP contribution in [0.3, 0.4) is 0 Å². The van der Waals surface area contributed by atoms with Crippen LogP contribution in [0, 0.1) is 12.7 Å². The van der Waals surface area contributed by atoms with Crippen LogP contribution in [0.4, 0.5) is 10.1 Å². The van der Waals surface area contributed by atoms with Crippen molar-refractivity contribution in [1.29, 1.82) is 0 Å². The summed E-state index contributed by atoms with van der Waals surface area (Å²) in [6.45, 7) is 1.88. The first-order valence-corrected chi connectivity index (χ1v) is 11.2. The molecule has 0 saturated carbocycles. The van der Waals surface area contributed by atoms with E-state index in [4.69, 9.17) is 0 Å². The summed E-state index contributed by atoms with van der Waals surface area (Å²) in [6, 6.07) is 19.8. The van der Waals surface area contributed by atoms with Gasteiger partial charge in [-0.1, -0.05) is 48.0 Å². The van der Waals surface area contributed by atoms with Gasteiger partial charge in [-0.3, -0.25) is 24.6 Å². The Labute approximate surface area is 202 Å². The Kier molecular flexibility index (Phi) is 7.01. The van der Waals surface area contributed by atoms with Crippen molar-refractivity contribution in [3.05, 3.63) is 101 Å². The fraction of sp³-hybridized carbons (Fsp3) is 0.185. The van der Waals surface area contributed by atoms with Gasteiger partial charge in [-0.2, -0.15) is 0 Å². The van der Waals surface area contributed by atoms with Gasteiger partial charge in [0.25, 0.3) is 11.8 Å². The Morgan fingerprint density at radius 3 is 2.29 bits per heavy atom. The van der Waals surface area contributed by atoms with Crippen LogP contribution in [0.2, 0.25) is 0 Å². The predicted molar refractivity (Wildman–Crippen MR) is 128 cm³/mol. The standard InChI is InChI=1S/C27H24FN3O4/c1-18-7-10-20(11-8-18)26(34)29-31(24(32)16-9-19-5-3-2-4-6-19)23-17-25(33)30(27(23)35)22-14-12-21(28)13-15-22/h2-8,10-15,23H,9,16-17H2,1H3,(H,29,34)/t23-/m1/s1. The van der Waals surface area contributed by atoms with Crippen molar-refractivity contribution >= 4 is 29.3 Å². The zero-order chi connectivity index (χ0) is 24.9. The smallest absolute Gasteiger partial charge is 0.269 e. The molecule has 1 fully saturated rings. The van der Waals surface area contributed by atoms with Gasteiger partial charge in [-0.25, -0.2) is 14.3 Å². The Balaban J connectivity index is 1.58. The number of hydrogen-bond donors (Lipinski definition) is 1. The lowest BCUT2D eigenvalue weighted by Crippen LogP contribution is -2.54. The van der Waals surface area contributed by atoms with Gasteiger partial charge in [0, 0.05) is 12.0 Å². The summed E-state index contributed by atoms with van der Waals surface area (Å²) in [6.07, 6.45) is 0.112. The summed E-state index contributed by atoms with van der Waals surface area (Å²) in [5.74, 6) is -2.79. The van der Waals surface area contributed by atoms with Crippen molar-refractivity contribution in [3.8, 4) is 0 Å². The Hall–Kier alpha value is -4.33. The zero-order valence-corrected chi connectivity index (χ0v) is 19.1. The number of carbonyl (C=O) groups excluding carboxylic acids is 4. The normalized spacial score (nSPS) is 15.3. The summed E-state index contributed by atoms with van der Waals surface area (Å²) < 4.78 is 13.3. The van der Waals surface area contributed by atoms with Crippen LogP contribution in [0.25, 0.3) is 0 Å². The average Bonchev–Trinajstić information content (AvgIpc) is 3.16. The number of hydrogen-bond acceptors (Lipinski definition) is 4. The molecule has 0 aromatic heterocycles. The van der Waals surface area contributed by atoms with Crippen molar-refractivity contribution in [2.75, 3.05) is 4.90 Å². The number of carbonyl (C=O) groups is 4. The monoisotopic (exact) mass is 473 g/mol. The van der Waals surface area contributed by atoms with Crippen molar-refractivity contribution in [2.45, 2.75) is 32.2 Å². The number of imide groups is 1. The van der Waals surface area contributed by atoms with Gasteiger partial charge in [0.15, 0.2) is 0 Å². The van der Waals surface area contributed by atoms with Crippen LogP contribution >= 0.6 is 0 Å². The first-order valence-electron chi connectivity index (χ1n) is 11.2. The number of amides is 4. The summed E-state index contributed by atoms with van der Waals surface area (Å²) in [5.41, 5.74) is 4.94. The van der Waals surface area contributed by atoms with E-state index in [1.54, 1.807) is 24.3 Å². The Morgan fingerprint density at radius 2 is 1.63 bits per heavy atom. The van der Waals surface area contributed by atoms with E-state index in [1.165, 1.54) is 12.1 Å². The molecule has 1 heterocycles. The molecule has 3 aromatic rings. The lowest BCUT2D eigenvalue weighted by atomic mass is 10.1. The molecule has 1 saturated heterocycles. The minimum atomic E-state index is -1.22. The second-order valence-electron chi connectivity index (χ2n) is 8.32. The summed E-state index contributed by atoms with van der Waals surface area (Å²) in [7, 11) is 0. The SMILES string of the molecule is Cc1ccc(C(=O)NN(C(=O)CCc2ccccc2)[C@@H]2CC(=O)N(c3ccc(F)cc3)C2=O)cc1. The molecule has 4 amide bonds. The topological polar surface area (TPSA) is 86.8 Å². The third kappa shape index (κ3) is 5.43. The summed E-state index contributed by atoms with van der Waals surface area (Å²) >= 11 is 0. The highest BCUT2D eigenvalue weighted by Gasteiger charge is 2.45. The number of nitrogens with zero attached hydrogens (tertiary/aromatic N) is 2. The molecule has 0 spiro atoms. The first-order chi connectivity index (χ1) is 16.8. The summed E-state index contributed by atoms with van der Waals surface area (Å²) in [5, 5.41) is 0.967. The second kappa shape index (κ2) is 10.3. The number of aryl methyl sites for hydroxylation is 2. The van der Waals surface area contributed by atoms with E-state index < -0.39 is 35.5 Å². The van der Waals surface area contributed by atoms with Crippen LogP contribution in [-0.4, -0.2) is 34.7 Å². The molecule has 1 N–H and O–H groups in total. The molecule has 178 valence electrons. The second-order valence-corrected chi connectivity index (χ2v) is 8.32. The zero-order valence-electron chi connectivity index (χ0n) is 19.1. The number of hydrazine groups is 1. The van der Waals surface area contributed by atoms with Crippen LogP contribution < -0.4 is 10.3 Å². The van der Waals surface area contributed by atoms with Crippen molar-refractivity contribution in [1.82, 2.24) is 10.4 Å². The van der Waals surface area contributed by atoms with E-state index >= 15 is 0 Å². The molecule has 35 heavy (non-hydrogen) atoms. The molecular formula is C27H24FN3O4. The molecule has 1 atom stereocenters. The van der Waals surface area contributed by atoms with Gasteiger partial charge in [0.2, 0.25) is 11.8 Å². The minimum Gasteiger partial charge on any atom is -0.274 e. The highest BCUT2D eigenvalue weighted by atomic mass is 19.1. The largest absolute Gasteiger partial charge is 0.274 e.